The third-order valence-corrected chi connectivity index (χ3v) is 2.41. The van der Waals surface area contributed by atoms with E-state index in [0.29, 0.717) is 13.0 Å². The van der Waals surface area contributed by atoms with Crippen LogP contribution in [0.1, 0.15) is 12.8 Å². The number of rotatable bonds is 4. The van der Waals surface area contributed by atoms with Gasteiger partial charge in [-0.25, -0.2) is 0 Å². The van der Waals surface area contributed by atoms with Crippen molar-refractivity contribution in [2.24, 2.45) is 0 Å². The number of amides is 2. The third-order valence-electron chi connectivity index (χ3n) is 2.41. The van der Waals surface area contributed by atoms with Crippen LogP contribution < -0.4 is 0 Å². The van der Waals surface area contributed by atoms with E-state index in [2.05, 4.69) is 4.74 Å². The predicted octanol–water partition coefficient (Wildman–Crippen LogP) is -0.760. The number of imide groups is 1. The molecule has 0 aliphatic carbocycles. The standard InChI is InChI=1S/C10H16N2O4/c1-11(7-10(15)16-2)6-9(14)12-5-3-4-8(12)13/h3-7H2,1-2H3. The molecule has 2 amide bonds. The summed E-state index contributed by atoms with van der Waals surface area (Å²) in [6.07, 6.45) is 1.16. The lowest BCUT2D eigenvalue weighted by Crippen LogP contribution is -2.41. The lowest BCUT2D eigenvalue weighted by atomic mass is 10.4. The number of carbonyl (C=O) groups is 3. The second-order valence-electron chi connectivity index (χ2n) is 3.79. The summed E-state index contributed by atoms with van der Waals surface area (Å²) >= 11 is 0. The zero-order valence-electron chi connectivity index (χ0n) is 9.56. The number of methoxy groups -OCH3 is 1. The Bertz CT molecular complexity index is 303. The molecular formula is C10H16N2O4. The minimum absolute atomic E-state index is 0.0459. The highest BCUT2D eigenvalue weighted by Gasteiger charge is 2.27. The van der Waals surface area contributed by atoms with E-state index in [-0.39, 0.29) is 24.9 Å². The predicted molar refractivity (Wildman–Crippen MR) is 55.5 cm³/mol. The molecule has 0 bridgehead atoms. The van der Waals surface area contributed by atoms with E-state index in [1.165, 1.54) is 16.9 Å². The first-order valence-corrected chi connectivity index (χ1v) is 5.13. The molecule has 1 heterocycles. The molecule has 1 aliphatic heterocycles. The fourth-order valence-electron chi connectivity index (χ4n) is 1.57. The van der Waals surface area contributed by atoms with E-state index in [1.807, 2.05) is 0 Å². The summed E-state index contributed by atoms with van der Waals surface area (Å²) in [5.74, 6) is -0.784. The van der Waals surface area contributed by atoms with Crippen LogP contribution in [0.4, 0.5) is 0 Å². The van der Waals surface area contributed by atoms with Crippen molar-refractivity contribution in [3.05, 3.63) is 0 Å². The smallest absolute Gasteiger partial charge is 0.319 e. The Morgan fingerprint density at radius 3 is 2.62 bits per heavy atom. The van der Waals surface area contributed by atoms with Gasteiger partial charge in [0.25, 0.3) is 0 Å². The second-order valence-corrected chi connectivity index (χ2v) is 3.79. The number of carbonyl (C=O) groups excluding carboxylic acids is 3. The van der Waals surface area contributed by atoms with Gasteiger partial charge in [-0.2, -0.15) is 0 Å². The zero-order valence-corrected chi connectivity index (χ0v) is 9.56. The van der Waals surface area contributed by atoms with Crippen molar-refractivity contribution in [1.82, 2.24) is 9.80 Å². The van der Waals surface area contributed by atoms with Crippen LogP contribution in [0, 0.1) is 0 Å². The zero-order chi connectivity index (χ0) is 12.1. The Morgan fingerprint density at radius 1 is 1.44 bits per heavy atom. The van der Waals surface area contributed by atoms with Gasteiger partial charge in [0.2, 0.25) is 11.8 Å². The Hall–Kier alpha value is -1.43. The first-order valence-electron chi connectivity index (χ1n) is 5.13. The van der Waals surface area contributed by atoms with Gasteiger partial charge in [0.1, 0.15) is 0 Å². The SMILES string of the molecule is COC(=O)CN(C)CC(=O)N1CCCC1=O. The van der Waals surface area contributed by atoms with E-state index < -0.39 is 5.97 Å². The monoisotopic (exact) mass is 228 g/mol. The molecule has 0 atom stereocenters. The number of likely N-dealkylation sites (tertiary alicyclic amines) is 1. The number of esters is 1. The molecule has 0 saturated carbocycles. The number of likely N-dealkylation sites (N-methyl/N-ethyl adjacent to an activating group) is 1. The molecule has 0 unspecified atom stereocenters. The van der Waals surface area contributed by atoms with Crippen molar-refractivity contribution in [3.8, 4) is 0 Å². The fraction of sp³-hybridized carbons (Fsp3) is 0.700. The Balaban J connectivity index is 2.38. The second kappa shape index (κ2) is 5.60. The van der Waals surface area contributed by atoms with Crippen molar-refractivity contribution in [2.45, 2.75) is 12.8 Å². The first kappa shape index (κ1) is 12.6. The van der Waals surface area contributed by atoms with Gasteiger partial charge in [-0.1, -0.05) is 0 Å². The molecule has 0 radical (unpaired) electrons. The summed E-state index contributed by atoms with van der Waals surface area (Å²) in [7, 11) is 2.93. The molecule has 6 nitrogen and oxygen atoms in total. The molecule has 0 aromatic rings. The van der Waals surface area contributed by atoms with Gasteiger partial charge in [-0.15, -0.1) is 0 Å². The van der Waals surface area contributed by atoms with Crippen LogP contribution in [0.15, 0.2) is 0 Å². The molecule has 6 heteroatoms. The molecular weight excluding hydrogens is 212 g/mol. The van der Waals surface area contributed by atoms with Crippen LogP contribution in [0.5, 0.6) is 0 Å². The minimum atomic E-state index is -0.400. The summed E-state index contributed by atoms with van der Waals surface area (Å²) in [6.45, 7) is 0.592. The largest absolute Gasteiger partial charge is 0.468 e. The number of hydrogen-bond donors (Lipinski definition) is 0. The maximum absolute atomic E-state index is 11.6. The molecule has 0 aromatic heterocycles. The topological polar surface area (TPSA) is 66.9 Å². The summed E-state index contributed by atoms with van der Waals surface area (Å²) < 4.78 is 4.48. The van der Waals surface area contributed by atoms with Crippen LogP contribution in [-0.4, -0.2) is 61.4 Å². The van der Waals surface area contributed by atoms with Crippen molar-refractivity contribution in [1.29, 1.82) is 0 Å². The lowest BCUT2D eigenvalue weighted by Gasteiger charge is -2.18. The van der Waals surface area contributed by atoms with Crippen LogP contribution in [-0.2, 0) is 19.1 Å². The summed E-state index contributed by atoms with van der Waals surface area (Å²) in [4.78, 5) is 36.6. The highest BCUT2D eigenvalue weighted by atomic mass is 16.5. The van der Waals surface area contributed by atoms with E-state index in [4.69, 9.17) is 0 Å². The highest BCUT2D eigenvalue weighted by molar-refractivity contribution is 5.97. The van der Waals surface area contributed by atoms with Crippen LogP contribution in [0.2, 0.25) is 0 Å². The normalized spacial score (nSPS) is 15.7. The summed E-state index contributed by atoms with van der Waals surface area (Å²) in [5.41, 5.74) is 0. The molecule has 0 spiro atoms. The number of nitrogens with zero attached hydrogens (tertiary/aromatic N) is 2. The molecule has 16 heavy (non-hydrogen) atoms. The molecule has 1 rings (SSSR count). The molecule has 0 N–H and O–H groups in total. The Labute approximate surface area is 94.1 Å². The quantitative estimate of drug-likeness (QED) is 0.592. The van der Waals surface area contributed by atoms with Crippen molar-refractivity contribution >= 4 is 17.8 Å². The van der Waals surface area contributed by atoms with Gasteiger partial charge in [-0.3, -0.25) is 24.2 Å². The van der Waals surface area contributed by atoms with Crippen LogP contribution in [0.3, 0.4) is 0 Å². The minimum Gasteiger partial charge on any atom is -0.468 e. The average Bonchev–Trinajstić information content (AvgIpc) is 2.63. The average molecular weight is 228 g/mol. The first-order chi connectivity index (χ1) is 7.54. The molecule has 1 saturated heterocycles. The number of ether oxygens (including phenoxy) is 1. The van der Waals surface area contributed by atoms with E-state index in [9.17, 15) is 14.4 Å². The Morgan fingerprint density at radius 2 is 2.12 bits per heavy atom. The summed E-state index contributed by atoms with van der Waals surface area (Å²) in [6, 6.07) is 0. The highest BCUT2D eigenvalue weighted by Crippen LogP contribution is 2.09. The van der Waals surface area contributed by atoms with Gasteiger partial charge in [0.05, 0.1) is 20.2 Å². The molecule has 1 fully saturated rings. The maximum atomic E-state index is 11.6. The van der Waals surface area contributed by atoms with Crippen LogP contribution >= 0.6 is 0 Å². The van der Waals surface area contributed by atoms with E-state index in [1.54, 1.807) is 7.05 Å². The van der Waals surface area contributed by atoms with Crippen molar-refractivity contribution in [2.75, 3.05) is 33.8 Å². The van der Waals surface area contributed by atoms with Gasteiger partial charge < -0.3 is 4.74 Å². The fourth-order valence-corrected chi connectivity index (χ4v) is 1.57. The molecule has 0 aromatic carbocycles. The van der Waals surface area contributed by atoms with Gasteiger partial charge in [0, 0.05) is 13.0 Å². The van der Waals surface area contributed by atoms with Crippen LogP contribution in [0.25, 0.3) is 0 Å². The maximum Gasteiger partial charge on any atom is 0.319 e. The van der Waals surface area contributed by atoms with Gasteiger partial charge >= 0.3 is 5.97 Å². The van der Waals surface area contributed by atoms with Gasteiger partial charge in [-0.05, 0) is 13.5 Å². The molecule has 1 aliphatic rings. The Kier molecular flexibility index (Phi) is 4.42. The van der Waals surface area contributed by atoms with Gasteiger partial charge in [0.15, 0.2) is 0 Å². The van der Waals surface area contributed by atoms with Crippen molar-refractivity contribution in [3.63, 3.8) is 0 Å². The summed E-state index contributed by atoms with van der Waals surface area (Å²) in [5, 5.41) is 0. The van der Waals surface area contributed by atoms with Crippen molar-refractivity contribution < 1.29 is 19.1 Å². The molecule has 90 valence electrons. The lowest BCUT2D eigenvalue weighted by molar-refractivity contribution is -0.144. The van der Waals surface area contributed by atoms with E-state index >= 15 is 0 Å². The third kappa shape index (κ3) is 3.30. The van der Waals surface area contributed by atoms with E-state index in [0.717, 1.165) is 6.42 Å². The number of hydrogen-bond acceptors (Lipinski definition) is 5.